The molecular formula is C9H15NO4. The van der Waals surface area contributed by atoms with E-state index in [1.54, 1.807) is 13.8 Å². The van der Waals surface area contributed by atoms with Crippen molar-refractivity contribution in [1.82, 2.24) is 5.32 Å². The molecule has 0 saturated carbocycles. The van der Waals surface area contributed by atoms with Crippen LogP contribution < -0.4 is 5.32 Å². The van der Waals surface area contributed by atoms with Crippen LogP contribution >= 0.6 is 0 Å². The van der Waals surface area contributed by atoms with Crippen LogP contribution in [0.25, 0.3) is 0 Å². The lowest BCUT2D eigenvalue weighted by Gasteiger charge is -2.12. The average Bonchev–Trinajstić information content (AvgIpc) is 2.11. The zero-order valence-corrected chi connectivity index (χ0v) is 8.53. The summed E-state index contributed by atoms with van der Waals surface area (Å²) in [6.07, 6.45) is 1.34. The third kappa shape index (κ3) is 4.61. The number of amides is 1. The number of ether oxygens (including phenoxy) is 1. The molecule has 0 aliphatic rings. The maximum atomic E-state index is 11.1. The summed E-state index contributed by atoms with van der Waals surface area (Å²) >= 11 is 0. The molecule has 1 unspecified atom stereocenters. The van der Waals surface area contributed by atoms with Gasteiger partial charge in [0, 0.05) is 6.08 Å². The number of rotatable bonds is 4. The second-order valence-corrected chi connectivity index (χ2v) is 2.99. The molecule has 1 amide bonds. The number of nitrogens with one attached hydrogen (secondary N) is 1. The maximum absolute atomic E-state index is 11.1. The number of methoxy groups -OCH3 is 1. The molecule has 0 spiro atoms. The van der Waals surface area contributed by atoms with E-state index in [-0.39, 0.29) is 0 Å². The van der Waals surface area contributed by atoms with Crippen LogP contribution in [0, 0.1) is 0 Å². The zero-order chi connectivity index (χ0) is 11.1. The maximum Gasteiger partial charge on any atom is 0.330 e. The van der Waals surface area contributed by atoms with Crippen molar-refractivity contribution < 1.29 is 19.4 Å². The van der Waals surface area contributed by atoms with Gasteiger partial charge >= 0.3 is 5.97 Å². The summed E-state index contributed by atoms with van der Waals surface area (Å²) in [6, 6.07) is -0.997. The molecule has 0 saturated heterocycles. The molecule has 0 aliphatic heterocycles. The molecule has 0 aromatic carbocycles. The van der Waals surface area contributed by atoms with Crippen molar-refractivity contribution >= 4 is 11.9 Å². The molecule has 0 aliphatic carbocycles. The van der Waals surface area contributed by atoms with Crippen LogP contribution in [0.2, 0.25) is 0 Å². The molecule has 14 heavy (non-hydrogen) atoms. The summed E-state index contributed by atoms with van der Waals surface area (Å²) in [5, 5.41) is 11.1. The number of hydrogen-bond acceptors (Lipinski definition) is 4. The van der Waals surface area contributed by atoms with E-state index in [0.29, 0.717) is 0 Å². The van der Waals surface area contributed by atoms with Crippen molar-refractivity contribution in [1.29, 1.82) is 0 Å². The second-order valence-electron chi connectivity index (χ2n) is 2.99. The third-order valence-electron chi connectivity index (χ3n) is 1.40. The summed E-state index contributed by atoms with van der Waals surface area (Å²) in [4.78, 5) is 22.1. The average molecular weight is 201 g/mol. The van der Waals surface area contributed by atoms with E-state index in [2.05, 4.69) is 10.1 Å². The fourth-order valence-electron chi connectivity index (χ4n) is 0.797. The van der Waals surface area contributed by atoms with Crippen molar-refractivity contribution in [3.05, 3.63) is 11.6 Å². The lowest BCUT2D eigenvalue weighted by atomic mass is 10.3. The van der Waals surface area contributed by atoms with E-state index in [9.17, 15) is 9.59 Å². The standard InChI is InChI=1S/C9H15NO4/c1-6(2)4-8(12)10-7(5-11)9(13)14-3/h4,7,11H,5H2,1-3H3,(H,10,12). The minimum Gasteiger partial charge on any atom is -0.467 e. The van der Waals surface area contributed by atoms with Gasteiger partial charge in [-0.2, -0.15) is 0 Å². The van der Waals surface area contributed by atoms with E-state index in [1.165, 1.54) is 13.2 Å². The molecule has 0 rings (SSSR count). The van der Waals surface area contributed by atoms with E-state index >= 15 is 0 Å². The monoisotopic (exact) mass is 201 g/mol. The van der Waals surface area contributed by atoms with Gasteiger partial charge < -0.3 is 15.2 Å². The minimum atomic E-state index is -0.997. The van der Waals surface area contributed by atoms with Crippen LogP contribution in [0.1, 0.15) is 13.8 Å². The number of aliphatic hydroxyl groups excluding tert-OH is 1. The molecule has 5 heteroatoms. The summed E-state index contributed by atoms with van der Waals surface area (Å²) in [7, 11) is 1.19. The number of aliphatic hydroxyl groups is 1. The van der Waals surface area contributed by atoms with Gasteiger partial charge in [0.05, 0.1) is 13.7 Å². The number of allylic oxidation sites excluding steroid dienone is 1. The summed E-state index contributed by atoms with van der Waals surface area (Å²) < 4.78 is 4.37. The lowest BCUT2D eigenvalue weighted by molar-refractivity contribution is -0.145. The van der Waals surface area contributed by atoms with Crippen molar-refractivity contribution in [2.45, 2.75) is 19.9 Å². The van der Waals surface area contributed by atoms with Crippen LogP contribution in [-0.2, 0) is 14.3 Å². The SMILES string of the molecule is COC(=O)C(CO)NC(=O)C=C(C)C. The number of hydrogen-bond donors (Lipinski definition) is 2. The minimum absolute atomic E-state index is 0.422. The number of carbonyl (C=O) groups excluding carboxylic acids is 2. The Bertz CT molecular complexity index is 243. The first kappa shape index (κ1) is 12.6. The van der Waals surface area contributed by atoms with Crippen molar-refractivity contribution in [2.24, 2.45) is 0 Å². The first-order chi connectivity index (χ1) is 6.51. The van der Waals surface area contributed by atoms with Gasteiger partial charge in [0.25, 0.3) is 0 Å². The molecule has 0 heterocycles. The van der Waals surface area contributed by atoms with Crippen molar-refractivity contribution in [3.63, 3.8) is 0 Å². The summed E-state index contributed by atoms with van der Waals surface area (Å²) in [5.74, 6) is -1.09. The van der Waals surface area contributed by atoms with Crippen molar-refractivity contribution in [3.8, 4) is 0 Å². The zero-order valence-electron chi connectivity index (χ0n) is 8.53. The highest BCUT2D eigenvalue weighted by molar-refractivity contribution is 5.91. The Morgan fingerprint density at radius 2 is 2.07 bits per heavy atom. The molecule has 5 nitrogen and oxygen atoms in total. The molecule has 1 atom stereocenters. The van der Waals surface area contributed by atoms with Gasteiger partial charge in [0.15, 0.2) is 6.04 Å². The Labute approximate surface area is 82.7 Å². The van der Waals surface area contributed by atoms with Gasteiger partial charge in [0.2, 0.25) is 5.91 Å². The highest BCUT2D eigenvalue weighted by atomic mass is 16.5. The molecular weight excluding hydrogens is 186 g/mol. The van der Waals surface area contributed by atoms with Gasteiger partial charge in [0.1, 0.15) is 0 Å². The molecule has 80 valence electrons. The fourth-order valence-corrected chi connectivity index (χ4v) is 0.797. The lowest BCUT2D eigenvalue weighted by Crippen LogP contribution is -2.43. The molecule has 0 radical (unpaired) electrons. The molecule has 0 bridgehead atoms. The quantitative estimate of drug-likeness (QED) is 0.479. The molecule has 0 aromatic rings. The highest BCUT2D eigenvalue weighted by Gasteiger charge is 2.18. The predicted octanol–water partition coefficient (Wildman–Crippen LogP) is -0.397. The van der Waals surface area contributed by atoms with Crippen LogP contribution in [0.5, 0.6) is 0 Å². The van der Waals surface area contributed by atoms with Gasteiger partial charge in [-0.25, -0.2) is 4.79 Å². The fraction of sp³-hybridized carbons (Fsp3) is 0.556. The normalized spacial score (nSPS) is 11.4. The summed E-state index contributed by atoms with van der Waals surface area (Å²) in [5.41, 5.74) is 0.809. The largest absolute Gasteiger partial charge is 0.467 e. The van der Waals surface area contributed by atoms with Crippen LogP contribution in [0.15, 0.2) is 11.6 Å². The first-order valence-corrected chi connectivity index (χ1v) is 4.15. The Balaban J connectivity index is 4.26. The van der Waals surface area contributed by atoms with Crippen LogP contribution in [0.3, 0.4) is 0 Å². The van der Waals surface area contributed by atoms with E-state index in [0.717, 1.165) is 5.57 Å². The Morgan fingerprint density at radius 3 is 2.43 bits per heavy atom. The molecule has 2 N–H and O–H groups in total. The van der Waals surface area contributed by atoms with Gasteiger partial charge in [-0.15, -0.1) is 0 Å². The van der Waals surface area contributed by atoms with Crippen molar-refractivity contribution in [2.75, 3.05) is 13.7 Å². The third-order valence-corrected chi connectivity index (χ3v) is 1.40. The Morgan fingerprint density at radius 1 is 1.50 bits per heavy atom. The van der Waals surface area contributed by atoms with Gasteiger partial charge in [-0.05, 0) is 13.8 Å². The first-order valence-electron chi connectivity index (χ1n) is 4.15. The topological polar surface area (TPSA) is 75.6 Å². The van der Waals surface area contributed by atoms with Gasteiger partial charge in [-0.1, -0.05) is 5.57 Å². The van der Waals surface area contributed by atoms with Gasteiger partial charge in [-0.3, -0.25) is 4.79 Å². The smallest absolute Gasteiger partial charge is 0.330 e. The predicted molar refractivity (Wildman–Crippen MR) is 50.5 cm³/mol. The highest BCUT2D eigenvalue weighted by Crippen LogP contribution is 1.91. The molecule has 0 aromatic heterocycles. The Kier molecular flexibility index (Phi) is 5.55. The van der Waals surface area contributed by atoms with Crippen LogP contribution in [-0.4, -0.2) is 36.7 Å². The van der Waals surface area contributed by atoms with E-state index < -0.39 is 24.5 Å². The number of carbonyl (C=O) groups is 2. The van der Waals surface area contributed by atoms with Crippen LogP contribution in [0.4, 0.5) is 0 Å². The number of esters is 1. The summed E-state index contributed by atoms with van der Waals surface area (Å²) in [6.45, 7) is 3.03. The Hall–Kier alpha value is -1.36. The van der Waals surface area contributed by atoms with E-state index in [1.807, 2.05) is 0 Å². The second kappa shape index (κ2) is 6.15. The van der Waals surface area contributed by atoms with E-state index in [4.69, 9.17) is 5.11 Å². The molecule has 0 fully saturated rings.